The Kier molecular flexibility index (Phi) is 8.04. The zero-order valence-electron chi connectivity index (χ0n) is 17.0. The van der Waals surface area contributed by atoms with Gasteiger partial charge in [-0.2, -0.15) is 5.10 Å². The van der Waals surface area contributed by atoms with E-state index >= 15 is 0 Å². The number of amides is 2. The second kappa shape index (κ2) is 10.5. The average molecular weight is 386 g/mol. The molecule has 0 radical (unpaired) electrons. The van der Waals surface area contributed by atoms with Crippen molar-refractivity contribution in [3.8, 4) is 5.75 Å². The topological polar surface area (TPSA) is 96.1 Å². The summed E-state index contributed by atoms with van der Waals surface area (Å²) in [7, 11) is 0. The third-order valence-corrected chi connectivity index (χ3v) is 4.52. The van der Waals surface area contributed by atoms with E-state index in [1.54, 1.807) is 24.3 Å². The number of hydrogen-bond donors (Lipinski definition) is 3. The molecule has 1 heterocycles. The number of benzene rings is 1. The number of rotatable bonds is 10. The molecule has 1 unspecified atom stereocenters. The molecule has 0 aliphatic carbocycles. The predicted octanol–water partition coefficient (Wildman–Crippen LogP) is 2.62. The maximum Gasteiger partial charge on any atom is 0.251 e. The average Bonchev–Trinajstić information content (AvgIpc) is 3.08. The van der Waals surface area contributed by atoms with Crippen LogP contribution in [0.2, 0.25) is 0 Å². The first-order valence-electron chi connectivity index (χ1n) is 9.72. The zero-order valence-corrected chi connectivity index (χ0v) is 17.0. The van der Waals surface area contributed by atoms with E-state index in [1.807, 2.05) is 33.9 Å². The fraction of sp³-hybridized carbons (Fsp3) is 0.476. The van der Waals surface area contributed by atoms with E-state index in [0.717, 1.165) is 24.1 Å². The Bertz CT molecular complexity index is 768. The van der Waals surface area contributed by atoms with Crippen LogP contribution >= 0.6 is 0 Å². The molecule has 152 valence electrons. The number of nitrogens with zero attached hydrogens (tertiary/aromatic N) is 1. The molecule has 2 aromatic rings. The minimum Gasteiger partial charge on any atom is -0.494 e. The maximum atomic E-state index is 12.6. The molecule has 7 nitrogen and oxygen atoms in total. The molecule has 1 aromatic carbocycles. The van der Waals surface area contributed by atoms with Crippen molar-refractivity contribution >= 4 is 11.8 Å². The van der Waals surface area contributed by atoms with E-state index in [1.165, 1.54) is 0 Å². The van der Waals surface area contributed by atoms with Crippen LogP contribution in [0.4, 0.5) is 0 Å². The Labute approximate surface area is 166 Å². The van der Waals surface area contributed by atoms with Gasteiger partial charge in [-0.25, -0.2) is 0 Å². The summed E-state index contributed by atoms with van der Waals surface area (Å²) in [5, 5.41) is 12.7. The highest BCUT2D eigenvalue weighted by Gasteiger charge is 2.24. The molecule has 1 atom stereocenters. The number of aromatic nitrogens is 2. The number of carbonyl (C=O) groups is 2. The molecule has 2 amide bonds. The number of hydrogen-bond acceptors (Lipinski definition) is 4. The van der Waals surface area contributed by atoms with Crippen LogP contribution in [0.5, 0.6) is 5.75 Å². The van der Waals surface area contributed by atoms with Gasteiger partial charge in [0.25, 0.3) is 5.91 Å². The molecule has 0 saturated carbocycles. The van der Waals surface area contributed by atoms with Gasteiger partial charge >= 0.3 is 0 Å². The number of ether oxygens (including phenoxy) is 1. The monoisotopic (exact) mass is 386 g/mol. The van der Waals surface area contributed by atoms with E-state index in [0.29, 0.717) is 24.5 Å². The normalized spacial score (nSPS) is 11.9. The minimum atomic E-state index is -0.588. The van der Waals surface area contributed by atoms with Crippen molar-refractivity contribution in [3.05, 3.63) is 47.3 Å². The lowest BCUT2D eigenvalue weighted by Gasteiger charge is -2.22. The SMILES string of the molecule is CCOc1ccc(C(=O)NC(C(=O)NCCCc2cn[nH]c2C)C(C)C)cc1. The van der Waals surface area contributed by atoms with Crippen LogP contribution in [0.25, 0.3) is 0 Å². The van der Waals surface area contributed by atoms with E-state index in [2.05, 4.69) is 20.8 Å². The molecule has 0 bridgehead atoms. The number of nitrogens with one attached hydrogen (secondary N) is 3. The number of aryl methyl sites for hydroxylation is 2. The molecular weight excluding hydrogens is 356 g/mol. The second-order valence-corrected chi connectivity index (χ2v) is 7.07. The Morgan fingerprint density at radius 3 is 2.50 bits per heavy atom. The number of aromatic amines is 1. The molecule has 7 heteroatoms. The van der Waals surface area contributed by atoms with E-state index in [-0.39, 0.29) is 17.7 Å². The van der Waals surface area contributed by atoms with E-state index in [4.69, 9.17) is 4.74 Å². The van der Waals surface area contributed by atoms with Crippen LogP contribution in [-0.4, -0.2) is 41.2 Å². The van der Waals surface area contributed by atoms with Gasteiger partial charge in [0.05, 0.1) is 12.8 Å². The van der Waals surface area contributed by atoms with E-state index in [9.17, 15) is 9.59 Å². The lowest BCUT2D eigenvalue weighted by molar-refractivity contribution is -0.123. The first-order chi connectivity index (χ1) is 13.4. The summed E-state index contributed by atoms with van der Waals surface area (Å²) in [6.45, 7) is 8.83. The van der Waals surface area contributed by atoms with Crippen molar-refractivity contribution in [1.82, 2.24) is 20.8 Å². The highest BCUT2D eigenvalue weighted by atomic mass is 16.5. The smallest absolute Gasteiger partial charge is 0.251 e. The van der Waals surface area contributed by atoms with Crippen LogP contribution < -0.4 is 15.4 Å². The fourth-order valence-electron chi connectivity index (χ4n) is 2.86. The fourth-order valence-corrected chi connectivity index (χ4v) is 2.86. The Morgan fingerprint density at radius 1 is 1.21 bits per heavy atom. The van der Waals surface area contributed by atoms with Crippen LogP contribution in [0.3, 0.4) is 0 Å². The first kappa shape index (κ1) is 21.5. The Hall–Kier alpha value is -2.83. The second-order valence-electron chi connectivity index (χ2n) is 7.07. The van der Waals surface area contributed by atoms with Crippen molar-refractivity contribution in [2.45, 2.75) is 46.6 Å². The lowest BCUT2D eigenvalue weighted by atomic mass is 10.0. The van der Waals surface area contributed by atoms with E-state index < -0.39 is 6.04 Å². The van der Waals surface area contributed by atoms with Gasteiger partial charge in [-0.05, 0) is 62.4 Å². The lowest BCUT2D eigenvalue weighted by Crippen LogP contribution is -2.49. The van der Waals surface area contributed by atoms with Gasteiger partial charge in [-0.3, -0.25) is 14.7 Å². The summed E-state index contributed by atoms with van der Waals surface area (Å²) < 4.78 is 5.39. The van der Waals surface area contributed by atoms with Crippen LogP contribution in [0, 0.1) is 12.8 Å². The summed E-state index contributed by atoms with van der Waals surface area (Å²) in [4.78, 5) is 25.1. The third kappa shape index (κ3) is 6.11. The number of carbonyl (C=O) groups excluding carboxylic acids is 2. The quantitative estimate of drug-likeness (QED) is 0.547. The van der Waals surface area contributed by atoms with Gasteiger partial charge in [0, 0.05) is 17.8 Å². The Morgan fingerprint density at radius 2 is 1.93 bits per heavy atom. The molecule has 0 aliphatic heterocycles. The predicted molar refractivity (Wildman–Crippen MR) is 108 cm³/mol. The first-order valence-corrected chi connectivity index (χ1v) is 9.72. The van der Waals surface area contributed by atoms with Crippen molar-refractivity contribution in [2.24, 2.45) is 5.92 Å². The minimum absolute atomic E-state index is 0.0252. The van der Waals surface area contributed by atoms with Crippen LogP contribution in [0.1, 0.15) is 48.8 Å². The Balaban J connectivity index is 1.86. The molecule has 1 aromatic heterocycles. The molecule has 0 saturated heterocycles. The van der Waals surface area contributed by atoms with Crippen LogP contribution in [0.15, 0.2) is 30.5 Å². The van der Waals surface area contributed by atoms with Gasteiger partial charge in [-0.1, -0.05) is 13.8 Å². The largest absolute Gasteiger partial charge is 0.494 e. The summed E-state index contributed by atoms with van der Waals surface area (Å²) >= 11 is 0. The van der Waals surface area contributed by atoms with Crippen molar-refractivity contribution in [1.29, 1.82) is 0 Å². The molecule has 0 fully saturated rings. The summed E-state index contributed by atoms with van der Waals surface area (Å²) in [5.41, 5.74) is 2.70. The standard InChI is InChI=1S/C21H30N4O3/c1-5-28-18-10-8-16(9-11-18)20(26)24-19(14(2)3)21(27)22-12-6-7-17-13-23-25-15(17)4/h8-11,13-14,19H,5-7,12H2,1-4H3,(H,22,27)(H,23,25)(H,24,26). The van der Waals surface area contributed by atoms with Gasteiger partial charge in [-0.15, -0.1) is 0 Å². The van der Waals surface area contributed by atoms with Gasteiger partial charge in [0.1, 0.15) is 11.8 Å². The van der Waals surface area contributed by atoms with Gasteiger partial charge < -0.3 is 15.4 Å². The molecule has 0 aliphatic rings. The third-order valence-electron chi connectivity index (χ3n) is 4.52. The van der Waals surface area contributed by atoms with Crippen molar-refractivity contribution in [3.63, 3.8) is 0 Å². The molecule has 2 rings (SSSR count). The summed E-state index contributed by atoms with van der Waals surface area (Å²) in [6.07, 6.45) is 3.46. The molecular formula is C21H30N4O3. The highest BCUT2D eigenvalue weighted by Crippen LogP contribution is 2.13. The summed E-state index contributed by atoms with van der Waals surface area (Å²) in [5.74, 6) is 0.247. The van der Waals surface area contributed by atoms with Gasteiger partial charge in [0.15, 0.2) is 0 Å². The van der Waals surface area contributed by atoms with Crippen LogP contribution in [-0.2, 0) is 11.2 Å². The molecule has 0 spiro atoms. The molecule has 3 N–H and O–H groups in total. The maximum absolute atomic E-state index is 12.6. The molecule has 28 heavy (non-hydrogen) atoms. The van der Waals surface area contributed by atoms with Gasteiger partial charge in [0.2, 0.25) is 5.91 Å². The zero-order chi connectivity index (χ0) is 20.5. The highest BCUT2D eigenvalue weighted by molar-refractivity contribution is 5.97. The number of H-pyrrole nitrogens is 1. The summed E-state index contributed by atoms with van der Waals surface area (Å²) in [6, 6.07) is 6.31. The van der Waals surface area contributed by atoms with Crippen molar-refractivity contribution in [2.75, 3.05) is 13.2 Å². The van der Waals surface area contributed by atoms with Crippen molar-refractivity contribution < 1.29 is 14.3 Å².